The van der Waals surface area contributed by atoms with E-state index in [-0.39, 0.29) is 6.10 Å². The molecule has 1 aliphatic rings. The number of ether oxygens (including phenoxy) is 1. The molecule has 0 spiro atoms. The predicted molar refractivity (Wildman–Crippen MR) is 82.6 cm³/mol. The Morgan fingerprint density at radius 1 is 1.38 bits per heavy atom. The van der Waals surface area contributed by atoms with Crippen molar-refractivity contribution >= 4 is 10.0 Å². The largest absolute Gasteiger partial charge is 0.377 e. The van der Waals surface area contributed by atoms with Gasteiger partial charge in [0.15, 0.2) is 0 Å². The van der Waals surface area contributed by atoms with Crippen molar-refractivity contribution in [3.05, 3.63) is 29.8 Å². The number of sulfonamides is 1. The van der Waals surface area contributed by atoms with Gasteiger partial charge >= 0.3 is 0 Å². The summed E-state index contributed by atoms with van der Waals surface area (Å²) in [5, 5.41) is 3.18. The van der Waals surface area contributed by atoms with Gasteiger partial charge in [0.05, 0.1) is 11.0 Å². The van der Waals surface area contributed by atoms with Crippen LogP contribution in [0.1, 0.15) is 25.3 Å². The van der Waals surface area contributed by atoms with Crippen molar-refractivity contribution in [1.29, 1.82) is 0 Å². The summed E-state index contributed by atoms with van der Waals surface area (Å²) in [7, 11) is -1.85. The summed E-state index contributed by atoms with van der Waals surface area (Å²) >= 11 is 0. The van der Waals surface area contributed by atoms with Crippen LogP contribution >= 0.6 is 0 Å². The van der Waals surface area contributed by atoms with Crippen LogP contribution in [0.3, 0.4) is 0 Å². The van der Waals surface area contributed by atoms with E-state index in [1.165, 1.54) is 4.31 Å². The molecule has 2 rings (SSSR count). The first-order chi connectivity index (χ1) is 10.1. The van der Waals surface area contributed by atoms with Crippen LogP contribution in [-0.2, 0) is 21.3 Å². The molecule has 118 valence electrons. The van der Waals surface area contributed by atoms with E-state index in [0.717, 1.165) is 31.6 Å². The monoisotopic (exact) mass is 312 g/mol. The molecule has 0 aromatic heterocycles. The second kappa shape index (κ2) is 7.35. The maximum Gasteiger partial charge on any atom is 0.243 e. The zero-order chi connectivity index (χ0) is 15.3. The number of likely N-dealkylation sites (N-methyl/N-ethyl adjacent to an activating group) is 1. The summed E-state index contributed by atoms with van der Waals surface area (Å²) in [4.78, 5) is 0.381. The molecule has 1 aliphatic heterocycles. The van der Waals surface area contributed by atoms with E-state index in [4.69, 9.17) is 4.74 Å². The summed E-state index contributed by atoms with van der Waals surface area (Å²) in [5.41, 5.74) is 0.804. The lowest BCUT2D eigenvalue weighted by molar-refractivity contribution is 0.0979. The molecule has 1 aromatic rings. The fourth-order valence-corrected chi connectivity index (χ4v) is 3.92. The first-order valence-corrected chi connectivity index (χ1v) is 8.86. The van der Waals surface area contributed by atoms with Crippen LogP contribution in [0.4, 0.5) is 0 Å². The minimum absolute atomic E-state index is 0.0192. The van der Waals surface area contributed by atoms with Crippen LogP contribution in [0, 0.1) is 0 Å². The van der Waals surface area contributed by atoms with Crippen molar-refractivity contribution in [3.63, 3.8) is 0 Å². The molecule has 1 atom stereocenters. The highest BCUT2D eigenvalue weighted by Gasteiger charge is 2.27. The highest BCUT2D eigenvalue weighted by Crippen LogP contribution is 2.21. The molecule has 0 radical (unpaired) electrons. The molecule has 1 unspecified atom stereocenters. The lowest BCUT2D eigenvalue weighted by atomic mass is 10.2. The fraction of sp³-hybridized carbons (Fsp3) is 0.600. The third-order valence-corrected chi connectivity index (χ3v) is 5.63. The maximum absolute atomic E-state index is 12.7. The Bertz CT molecular complexity index is 554. The van der Waals surface area contributed by atoms with Gasteiger partial charge in [0.2, 0.25) is 10.0 Å². The van der Waals surface area contributed by atoms with Crippen molar-refractivity contribution < 1.29 is 13.2 Å². The van der Waals surface area contributed by atoms with Gasteiger partial charge in [0.1, 0.15) is 0 Å². The van der Waals surface area contributed by atoms with Crippen LogP contribution < -0.4 is 5.32 Å². The lowest BCUT2D eigenvalue weighted by Crippen LogP contribution is -2.34. The lowest BCUT2D eigenvalue weighted by Gasteiger charge is -2.22. The van der Waals surface area contributed by atoms with E-state index in [1.807, 2.05) is 19.1 Å². The van der Waals surface area contributed by atoms with Gasteiger partial charge in [-0.2, -0.15) is 4.31 Å². The smallest absolute Gasteiger partial charge is 0.243 e. The van der Waals surface area contributed by atoms with Crippen molar-refractivity contribution in [3.8, 4) is 0 Å². The first kappa shape index (κ1) is 16.4. The van der Waals surface area contributed by atoms with E-state index in [0.29, 0.717) is 18.0 Å². The molecule has 21 heavy (non-hydrogen) atoms. The van der Waals surface area contributed by atoms with Gasteiger partial charge < -0.3 is 10.1 Å². The van der Waals surface area contributed by atoms with E-state index >= 15 is 0 Å². The van der Waals surface area contributed by atoms with Crippen LogP contribution in [0.25, 0.3) is 0 Å². The Hall–Kier alpha value is -0.950. The molecule has 1 aromatic carbocycles. The summed E-state index contributed by atoms with van der Waals surface area (Å²) in [6.07, 6.45) is 1.96. The molecule has 1 fully saturated rings. The zero-order valence-corrected chi connectivity index (χ0v) is 13.5. The summed E-state index contributed by atoms with van der Waals surface area (Å²) in [5.74, 6) is 0. The number of benzene rings is 1. The van der Waals surface area contributed by atoms with Gasteiger partial charge in [-0.05, 0) is 31.0 Å². The van der Waals surface area contributed by atoms with Gasteiger partial charge in [0, 0.05) is 26.7 Å². The van der Waals surface area contributed by atoms with Gasteiger partial charge in [-0.25, -0.2) is 8.42 Å². The molecule has 1 N–H and O–H groups in total. The van der Waals surface area contributed by atoms with Crippen molar-refractivity contribution in [2.75, 3.05) is 26.7 Å². The van der Waals surface area contributed by atoms with Gasteiger partial charge in [-0.3, -0.25) is 0 Å². The predicted octanol–water partition coefficient (Wildman–Crippen LogP) is 1.60. The average Bonchev–Trinajstić information content (AvgIpc) is 2.98. The van der Waals surface area contributed by atoms with Crippen molar-refractivity contribution in [2.45, 2.75) is 37.3 Å². The van der Waals surface area contributed by atoms with Crippen LogP contribution in [0.2, 0.25) is 0 Å². The molecule has 0 bridgehead atoms. The Balaban J connectivity index is 2.17. The minimum atomic E-state index is -3.47. The normalized spacial score (nSPS) is 19.3. The Morgan fingerprint density at radius 2 is 2.14 bits per heavy atom. The standard InChI is InChI=1S/C15H24N2O3S/c1-3-16-11-13-7-4-5-9-15(13)21(18,19)17(2)12-14-8-6-10-20-14/h4-5,7,9,14,16H,3,6,8,10-12H2,1-2H3. The number of rotatable bonds is 7. The molecule has 5 nitrogen and oxygen atoms in total. The number of hydrogen-bond donors (Lipinski definition) is 1. The molecule has 0 amide bonds. The van der Waals surface area contributed by atoms with Crippen molar-refractivity contribution in [2.24, 2.45) is 0 Å². The van der Waals surface area contributed by atoms with Gasteiger partial charge in [-0.15, -0.1) is 0 Å². The highest BCUT2D eigenvalue weighted by molar-refractivity contribution is 7.89. The van der Waals surface area contributed by atoms with E-state index < -0.39 is 10.0 Å². The molecular weight excluding hydrogens is 288 g/mol. The molecule has 0 saturated carbocycles. The number of hydrogen-bond acceptors (Lipinski definition) is 4. The Labute approximate surface area is 127 Å². The quantitative estimate of drug-likeness (QED) is 0.831. The van der Waals surface area contributed by atoms with Gasteiger partial charge in [0.25, 0.3) is 0 Å². The summed E-state index contributed by atoms with van der Waals surface area (Å²) < 4.78 is 32.4. The van der Waals surface area contributed by atoms with Crippen molar-refractivity contribution in [1.82, 2.24) is 9.62 Å². The average molecular weight is 312 g/mol. The molecule has 1 heterocycles. The van der Waals surface area contributed by atoms with Crippen LogP contribution in [0.15, 0.2) is 29.2 Å². The second-order valence-electron chi connectivity index (χ2n) is 5.31. The maximum atomic E-state index is 12.7. The number of nitrogens with one attached hydrogen (secondary N) is 1. The first-order valence-electron chi connectivity index (χ1n) is 7.42. The van der Waals surface area contributed by atoms with Gasteiger partial charge in [-0.1, -0.05) is 25.1 Å². The van der Waals surface area contributed by atoms with E-state index in [9.17, 15) is 8.42 Å². The van der Waals surface area contributed by atoms with Crippen LogP contribution in [-0.4, -0.2) is 45.6 Å². The zero-order valence-electron chi connectivity index (χ0n) is 12.7. The third-order valence-electron chi connectivity index (χ3n) is 3.71. The Morgan fingerprint density at radius 3 is 2.81 bits per heavy atom. The third kappa shape index (κ3) is 4.03. The van der Waals surface area contributed by atoms with E-state index in [2.05, 4.69) is 5.32 Å². The second-order valence-corrected chi connectivity index (χ2v) is 7.32. The molecule has 1 saturated heterocycles. The molecule has 6 heteroatoms. The molecule has 0 aliphatic carbocycles. The SMILES string of the molecule is CCNCc1ccccc1S(=O)(=O)N(C)CC1CCCO1. The summed E-state index contributed by atoms with van der Waals surface area (Å²) in [6.45, 7) is 4.51. The minimum Gasteiger partial charge on any atom is -0.377 e. The van der Waals surface area contributed by atoms with Crippen LogP contribution in [0.5, 0.6) is 0 Å². The van der Waals surface area contributed by atoms with E-state index in [1.54, 1.807) is 19.2 Å². The highest BCUT2D eigenvalue weighted by atomic mass is 32.2. The summed E-state index contributed by atoms with van der Waals surface area (Å²) in [6, 6.07) is 7.16. The number of nitrogens with zero attached hydrogens (tertiary/aromatic N) is 1. The topological polar surface area (TPSA) is 58.6 Å². The molecular formula is C15H24N2O3S. The fourth-order valence-electron chi connectivity index (χ4n) is 2.50. The Kier molecular flexibility index (Phi) is 5.75.